The van der Waals surface area contributed by atoms with Crippen LogP contribution in [0.4, 0.5) is 0 Å². The van der Waals surface area contributed by atoms with Crippen molar-refractivity contribution in [1.82, 2.24) is 9.80 Å². The SMILES string of the molecule is CCCCCCCCCCCC(=O)N1CCC(CN(C/C(C)=C/c2ccccc2)C(=O)CC(C)CC(C)(C)C)CC1. The van der Waals surface area contributed by atoms with Gasteiger partial charge in [-0.25, -0.2) is 0 Å². The predicted octanol–water partition coefficient (Wildman–Crippen LogP) is 9.54. The van der Waals surface area contributed by atoms with E-state index in [0.717, 1.165) is 45.3 Å². The molecule has 1 saturated heterocycles. The molecule has 0 radical (unpaired) electrons. The third-order valence-corrected chi connectivity index (χ3v) is 8.43. The molecule has 1 aliphatic rings. The highest BCUT2D eigenvalue weighted by molar-refractivity contribution is 5.77. The Bertz CT molecular complexity index is 893. The van der Waals surface area contributed by atoms with Crippen molar-refractivity contribution in [3.8, 4) is 0 Å². The smallest absolute Gasteiger partial charge is 0.223 e. The molecule has 1 aromatic rings. The van der Waals surface area contributed by atoms with Gasteiger partial charge < -0.3 is 9.80 Å². The zero-order valence-electron chi connectivity index (χ0n) is 27.6. The van der Waals surface area contributed by atoms with E-state index in [4.69, 9.17) is 0 Å². The summed E-state index contributed by atoms with van der Waals surface area (Å²) in [7, 11) is 0. The van der Waals surface area contributed by atoms with Crippen LogP contribution in [0.1, 0.15) is 137 Å². The molecule has 1 heterocycles. The van der Waals surface area contributed by atoms with E-state index < -0.39 is 0 Å². The van der Waals surface area contributed by atoms with E-state index in [2.05, 4.69) is 81.7 Å². The lowest BCUT2D eigenvalue weighted by atomic mass is 9.84. The molecular formula is C37H62N2O2. The Labute approximate surface area is 253 Å². The molecule has 0 aromatic heterocycles. The first-order valence-corrected chi connectivity index (χ1v) is 16.8. The van der Waals surface area contributed by atoms with Crippen LogP contribution in [0.5, 0.6) is 0 Å². The lowest BCUT2D eigenvalue weighted by Gasteiger charge is -2.36. The first kappa shape index (κ1) is 35.1. The van der Waals surface area contributed by atoms with Gasteiger partial charge >= 0.3 is 0 Å². The van der Waals surface area contributed by atoms with E-state index in [1.165, 1.54) is 62.5 Å². The molecule has 0 N–H and O–H groups in total. The van der Waals surface area contributed by atoms with Crippen LogP contribution in [0.15, 0.2) is 35.9 Å². The molecule has 2 amide bonds. The third kappa shape index (κ3) is 15.6. The van der Waals surface area contributed by atoms with Crippen LogP contribution >= 0.6 is 0 Å². The Morgan fingerprint density at radius 1 is 0.951 bits per heavy atom. The van der Waals surface area contributed by atoms with Gasteiger partial charge in [0.05, 0.1) is 0 Å². The quantitative estimate of drug-likeness (QED) is 0.166. The molecule has 2 rings (SSSR count). The molecule has 1 unspecified atom stereocenters. The van der Waals surface area contributed by atoms with Crippen LogP contribution in [0.25, 0.3) is 6.08 Å². The lowest BCUT2D eigenvalue weighted by Crippen LogP contribution is -2.43. The summed E-state index contributed by atoms with van der Waals surface area (Å²) < 4.78 is 0. The largest absolute Gasteiger partial charge is 0.343 e. The molecule has 4 heteroatoms. The number of carbonyl (C=O) groups is 2. The van der Waals surface area contributed by atoms with Crippen LogP contribution in [-0.4, -0.2) is 47.8 Å². The standard InChI is InChI=1S/C37H62N2O2/c1-7-8-9-10-11-12-13-14-18-21-35(40)38-24-22-34(23-25-38)30-39(36(41)27-31(2)28-37(4,5)6)29-32(3)26-33-19-16-15-17-20-33/h15-17,19-20,26,31,34H,7-14,18,21-25,27-30H2,1-6H3/b32-26+. The highest BCUT2D eigenvalue weighted by Crippen LogP contribution is 2.27. The first-order chi connectivity index (χ1) is 19.6. The van der Waals surface area contributed by atoms with Gasteiger partial charge in [-0.2, -0.15) is 0 Å². The van der Waals surface area contributed by atoms with Gasteiger partial charge in [0.1, 0.15) is 0 Å². The molecular weight excluding hydrogens is 504 g/mol. The molecule has 41 heavy (non-hydrogen) atoms. The Morgan fingerprint density at radius 2 is 1.54 bits per heavy atom. The Hall–Kier alpha value is -2.10. The van der Waals surface area contributed by atoms with E-state index >= 15 is 0 Å². The second kappa shape index (κ2) is 19.2. The number of benzene rings is 1. The minimum Gasteiger partial charge on any atom is -0.343 e. The zero-order chi connectivity index (χ0) is 30.1. The van der Waals surface area contributed by atoms with Gasteiger partial charge in [-0.3, -0.25) is 9.59 Å². The van der Waals surface area contributed by atoms with Crippen LogP contribution in [0, 0.1) is 17.3 Å². The number of hydrogen-bond donors (Lipinski definition) is 0. The van der Waals surface area contributed by atoms with E-state index in [9.17, 15) is 9.59 Å². The third-order valence-electron chi connectivity index (χ3n) is 8.43. The average molecular weight is 567 g/mol. The molecule has 0 bridgehead atoms. The van der Waals surface area contributed by atoms with E-state index in [1.54, 1.807) is 0 Å². The van der Waals surface area contributed by atoms with Crippen molar-refractivity contribution in [3.05, 3.63) is 41.5 Å². The normalized spacial score (nSPS) is 15.7. The van der Waals surface area contributed by atoms with E-state index in [1.807, 2.05) is 6.07 Å². The number of nitrogens with zero attached hydrogens (tertiary/aromatic N) is 2. The van der Waals surface area contributed by atoms with Gasteiger partial charge in [-0.05, 0) is 55.4 Å². The number of rotatable bonds is 18. The van der Waals surface area contributed by atoms with Gasteiger partial charge in [0.25, 0.3) is 0 Å². The van der Waals surface area contributed by atoms with Crippen LogP contribution in [-0.2, 0) is 9.59 Å². The monoisotopic (exact) mass is 566 g/mol. The predicted molar refractivity (Wildman–Crippen MR) is 176 cm³/mol. The van der Waals surface area contributed by atoms with Gasteiger partial charge in [-0.1, -0.05) is 128 Å². The maximum absolute atomic E-state index is 13.6. The second-order valence-electron chi connectivity index (χ2n) is 14.2. The molecule has 1 aromatic carbocycles. The summed E-state index contributed by atoms with van der Waals surface area (Å²) in [5.41, 5.74) is 2.61. The van der Waals surface area contributed by atoms with Gasteiger partial charge in [0.2, 0.25) is 11.8 Å². The first-order valence-electron chi connectivity index (χ1n) is 16.8. The molecule has 0 saturated carbocycles. The number of likely N-dealkylation sites (tertiary alicyclic amines) is 1. The molecule has 4 nitrogen and oxygen atoms in total. The minimum absolute atomic E-state index is 0.223. The summed E-state index contributed by atoms with van der Waals surface area (Å²) in [6.07, 6.45) is 18.1. The highest BCUT2D eigenvalue weighted by atomic mass is 16.2. The van der Waals surface area contributed by atoms with Crippen molar-refractivity contribution < 1.29 is 9.59 Å². The molecule has 1 fully saturated rings. The average Bonchev–Trinajstić information content (AvgIpc) is 2.91. The van der Waals surface area contributed by atoms with Crippen molar-refractivity contribution in [2.75, 3.05) is 26.2 Å². The fourth-order valence-electron chi connectivity index (χ4n) is 6.40. The van der Waals surface area contributed by atoms with Crippen LogP contribution in [0.3, 0.4) is 0 Å². The maximum Gasteiger partial charge on any atom is 0.223 e. The summed E-state index contributed by atoms with van der Waals surface area (Å²) in [6.45, 7) is 16.5. The summed E-state index contributed by atoms with van der Waals surface area (Å²) in [4.78, 5) is 30.6. The summed E-state index contributed by atoms with van der Waals surface area (Å²) in [5, 5.41) is 0. The molecule has 232 valence electrons. The topological polar surface area (TPSA) is 40.6 Å². The summed E-state index contributed by atoms with van der Waals surface area (Å²) in [5.74, 6) is 1.42. The Morgan fingerprint density at radius 3 is 2.12 bits per heavy atom. The van der Waals surface area contributed by atoms with Crippen LogP contribution in [0.2, 0.25) is 0 Å². The van der Waals surface area contributed by atoms with E-state index in [-0.39, 0.29) is 11.3 Å². The Balaban J connectivity index is 1.83. The van der Waals surface area contributed by atoms with Crippen molar-refractivity contribution in [1.29, 1.82) is 0 Å². The van der Waals surface area contributed by atoms with E-state index in [0.29, 0.717) is 37.1 Å². The summed E-state index contributed by atoms with van der Waals surface area (Å²) in [6, 6.07) is 10.4. The number of carbonyl (C=O) groups excluding carboxylic acids is 2. The van der Waals surface area contributed by atoms with Crippen molar-refractivity contribution >= 4 is 17.9 Å². The second-order valence-corrected chi connectivity index (χ2v) is 14.2. The fraction of sp³-hybridized carbons (Fsp3) is 0.730. The van der Waals surface area contributed by atoms with Crippen molar-refractivity contribution in [3.63, 3.8) is 0 Å². The van der Waals surface area contributed by atoms with Crippen LogP contribution < -0.4 is 0 Å². The molecule has 0 aliphatic carbocycles. The highest BCUT2D eigenvalue weighted by Gasteiger charge is 2.27. The molecule has 1 aliphatic heterocycles. The van der Waals surface area contributed by atoms with Gasteiger partial charge in [0.15, 0.2) is 0 Å². The lowest BCUT2D eigenvalue weighted by molar-refractivity contribution is -0.135. The maximum atomic E-state index is 13.6. The fourth-order valence-corrected chi connectivity index (χ4v) is 6.40. The van der Waals surface area contributed by atoms with Gasteiger partial charge in [0, 0.05) is 39.0 Å². The number of hydrogen-bond acceptors (Lipinski definition) is 2. The Kier molecular flexibility index (Phi) is 16.4. The molecule has 0 spiro atoms. The van der Waals surface area contributed by atoms with Crippen molar-refractivity contribution in [2.45, 2.75) is 131 Å². The zero-order valence-corrected chi connectivity index (χ0v) is 27.6. The molecule has 1 atom stereocenters. The van der Waals surface area contributed by atoms with Gasteiger partial charge in [-0.15, -0.1) is 0 Å². The number of piperidine rings is 1. The summed E-state index contributed by atoms with van der Waals surface area (Å²) >= 11 is 0. The number of amides is 2. The minimum atomic E-state index is 0.223. The van der Waals surface area contributed by atoms with Crippen molar-refractivity contribution in [2.24, 2.45) is 17.3 Å². The number of unbranched alkanes of at least 4 members (excludes halogenated alkanes) is 8.